The summed E-state index contributed by atoms with van der Waals surface area (Å²) in [4.78, 5) is 4.72. The van der Waals surface area contributed by atoms with Gasteiger partial charge in [0.05, 0.1) is 12.7 Å². The molecule has 1 unspecified atom stereocenters. The van der Waals surface area contributed by atoms with Crippen molar-refractivity contribution in [2.45, 2.75) is 64.1 Å². The van der Waals surface area contributed by atoms with Crippen molar-refractivity contribution in [3.05, 3.63) is 11.6 Å². The molecule has 0 aromatic carbocycles. The van der Waals surface area contributed by atoms with Gasteiger partial charge in [-0.15, -0.1) is 34.2 Å². The van der Waals surface area contributed by atoms with E-state index in [9.17, 15) is 0 Å². The first kappa shape index (κ1) is 22.4. The van der Waals surface area contributed by atoms with E-state index in [0.717, 1.165) is 56.8 Å². The summed E-state index contributed by atoms with van der Waals surface area (Å²) in [7, 11) is 1.97. The fourth-order valence-corrected chi connectivity index (χ4v) is 3.33. The first-order chi connectivity index (χ1) is 12.7. The molecule has 1 aromatic rings. The molecule has 1 aliphatic carbocycles. The van der Waals surface area contributed by atoms with Crippen molar-refractivity contribution < 1.29 is 9.47 Å². The number of nitrogens with one attached hydrogen (secondary N) is 2. The molecule has 9 heteroatoms. The van der Waals surface area contributed by atoms with Gasteiger partial charge in [0.15, 0.2) is 11.8 Å². The van der Waals surface area contributed by atoms with Gasteiger partial charge in [-0.25, -0.2) is 4.99 Å². The number of hydrogen-bond acceptors (Lipinski definition) is 5. The second-order valence-electron chi connectivity index (χ2n) is 7.15. The molecule has 0 spiro atoms. The Balaban J connectivity index is 0.00000261. The summed E-state index contributed by atoms with van der Waals surface area (Å²) in [6.07, 6.45) is 7.27. The van der Waals surface area contributed by atoms with E-state index in [4.69, 9.17) is 14.5 Å². The summed E-state index contributed by atoms with van der Waals surface area (Å²) in [5.74, 6) is 2.64. The normalized spacial score (nSPS) is 20.7. The first-order valence-electron chi connectivity index (χ1n) is 9.81. The van der Waals surface area contributed by atoms with Crippen LogP contribution in [0.1, 0.15) is 50.2 Å². The van der Waals surface area contributed by atoms with Crippen molar-refractivity contribution >= 4 is 29.9 Å². The maximum Gasteiger partial charge on any atom is 0.191 e. The van der Waals surface area contributed by atoms with Gasteiger partial charge >= 0.3 is 0 Å². The van der Waals surface area contributed by atoms with E-state index in [2.05, 4.69) is 20.8 Å². The zero-order valence-corrected chi connectivity index (χ0v) is 18.8. The van der Waals surface area contributed by atoms with E-state index < -0.39 is 0 Å². The highest BCUT2D eigenvalue weighted by Gasteiger charge is 2.17. The van der Waals surface area contributed by atoms with Crippen molar-refractivity contribution in [1.82, 2.24) is 25.4 Å². The van der Waals surface area contributed by atoms with Crippen LogP contribution in [-0.2, 0) is 23.1 Å². The lowest BCUT2D eigenvalue weighted by atomic mass is 10.2. The van der Waals surface area contributed by atoms with Gasteiger partial charge in [0.25, 0.3) is 0 Å². The standard InChI is InChI=1S/C18H32N6O2.HI/c1-14-22-23-17(24(14)2)12-20-18(21-15-6-3-4-7-15)19-9-5-10-26-16-8-11-25-13-16;/h15-16H,3-13H2,1-2H3,(H2,19,20,21);1H. The van der Waals surface area contributed by atoms with E-state index >= 15 is 0 Å². The van der Waals surface area contributed by atoms with Crippen LogP contribution in [0.2, 0.25) is 0 Å². The lowest BCUT2D eigenvalue weighted by molar-refractivity contribution is 0.0420. The molecule has 0 radical (unpaired) electrons. The maximum absolute atomic E-state index is 5.82. The molecule has 3 rings (SSSR count). The molecule has 2 fully saturated rings. The van der Waals surface area contributed by atoms with Gasteiger partial charge < -0.3 is 24.7 Å². The quantitative estimate of drug-likeness (QED) is 0.250. The zero-order chi connectivity index (χ0) is 18.2. The maximum atomic E-state index is 5.82. The van der Waals surface area contributed by atoms with Crippen LogP contribution < -0.4 is 10.6 Å². The lowest BCUT2D eigenvalue weighted by Gasteiger charge is -2.17. The number of halogens is 1. The predicted molar refractivity (Wildman–Crippen MR) is 115 cm³/mol. The van der Waals surface area contributed by atoms with Gasteiger partial charge in [0, 0.05) is 32.8 Å². The fraction of sp³-hybridized carbons (Fsp3) is 0.833. The van der Waals surface area contributed by atoms with Crippen LogP contribution in [0.3, 0.4) is 0 Å². The fourth-order valence-electron chi connectivity index (χ4n) is 3.33. The van der Waals surface area contributed by atoms with Crippen LogP contribution in [0, 0.1) is 6.92 Å². The minimum absolute atomic E-state index is 0. The van der Waals surface area contributed by atoms with Crippen LogP contribution >= 0.6 is 24.0 Å². The Kier molecular flexibility index (Phi) is 9.77. The third-order valence-corrected chi connectivity index (χ3v) is 5.11. The van der Waals surface area contributed by atoms with E-state index in [-0.39, 0.29) is 30.1 Å². The van der Waals surface area contributed by atoms with Crippen LogP contribution in [0.25, 0.3) is 0 Å². The van der Waals surface area contributed by atoms with Crippen LogP contribution in [0.15, 0.2) is 4.99 Å². The zero-order valence-electron chi connectivity index (χ0n) is 16.4. The number of aromatic nitrogens is 3. The molecule has 1 saturated heterocycles. The lowest BCUT2D eigenvalue weighted by Crippen LogP contribution is -2.43. The molecule has 1 atom stereocenters. The highest BCUT2D eigenvalue weighted by molar-refractivity contribution is 14.0. The summed E-state index contributed by atoms with van der Waals surface area (Å²) in [5, 5.41) is 15.3. The molecule has 154 valence electrons. The van der Waals surface area contributed by atoms with E-state index in [1.54, 1.807) is 0 Å². The van der Waals surface area contributed by atoms with Crippen LogP contribution in [0.5, 0.6) is 0 Å². The summed E-state index contributed by atoms with van der Waals surface area (Å²) in [6.45, 7) is 5.62. The Bertz CT molecular complexity index is 582. The second-order valence-corrected chi connectivity index (χ2v) is 7.15. The molecular formula is C18H33IN6O2. The number of hydrogen-bond donors (Lipinski definition) is 2. The summed E-state index contributed by atoms with van der Waals surface area (Å²) in [6, 6.07) is 0.523. The Labute approximate surface area is 178 Å². The number of nitrogens with zero attached hydrogens (tertiary/aromatic N) is 4. The topological polar surface area (TPSA) is 85.6 Å². The van der Waals surface area contributed by atoms with Crippen molar-refractivity contribution in [3.8, 4) is 0 Å². The van der Waals surface area contributed by atoms with Crippen LogP contribution in [0.4, 0.5) is 0 Å². The number of rotatable bonds is 8. The largest absolute Gasteiger partial charge is 0.379 e. The van der Waals surface area contributed by atoms with Gasteiger partial charge in [0.2, 0.25) is 0 Å². The van der Waals surface area contributed by atoms with Crippen molar-refractivity contribution in [2.24, 2.45) is 12.0 Å². The summed E-state index contributed by atoms with van der Waals surface area (Å²) < 4.78 is 13.1. The predicted octanol–water partition coefficient (Wildman–Crippen LogP) is 1.91. The van der Waals surface area contributed by atoms with Gasteiger partial charge in [-0.2, -0.15) is 0 Å². The number of aliphatic imine (C=N–C) groups is 1. The van der Waals surface area contributed by atoms with Crippen molar-refractivity contribution in [1.29, 1.82) is 0 Å². The van der Waals surface area contributed by atoms with Gasteiger partial charge in [-0.1, -0.05) is 12.8 Å². The molecular weight excluding hydrogens is 459 g/mol. The molecule has 0 amide bonds. The second kappa shape index (κ2) is 11.8. The molecule has 2 aliphatic rings. The molecule has 1 aliphatic heterocycles. The minimum Gasteiger partial charge on any atom is -0.379 e. The third-order valence-electron chi connectivity index (χ3n) is 5.11. The molecule has 1 saturated carbocycles. The van der Waals surface area contributed by atoms with Crippen molar-refractivity contribution in [3.63, 3.8) is 0 Å². The Morgan fingerprint density at radius 2 is 2.11 bits per heavy atom. The van der Waals surface area contributed by atoms with E-state index in [1.165, 1.54) is 25.7 Å². The number of ether oxygens (including phenoxy) is 2. The van der Waals surface area contributed by atoms with Crippen molar-refractivity contribution in [2.75, 3.05) is 26.4 Å². The minimum atomic E-state index is 0. The van der Waals surface area contributed by atoms with Gasteiger partial charge in [0.1, 0.15) is 12.4 Å². The first-order valence-corrected chi connectivity index (χ1v) is 9.81. The number of aryl methyl sites for hydroxylation is 1. The summed E-state index contributed by atoms with van der Waals surface area (Å²) >= 11 is 0. The number of guanidine groups is 1. The Hall–Kier alpha value is -0.940. The van der Waals surface area contributed by atoms with Crippen LogP contribution in [-0.4, -0.2) is 59.2 Å². The summed E-state index contributed by atoms with van der Waals surface area (Å²) in [5.41, 5.74) is 0. The molecule has 8 nitrogen and oxygen atoms in total. The smallest absolute Gasteiger partial charge is 0.191 e. The Morgan fingerprint density at radius 1 is 1.30 bits per heavy atom. The average molecular weight is 492 g/mol. The molecule has 1 aromatic heterocycles. The van der Waals surface area contributed by atoms with E-state index in [0.29, 0.717) is 12.6 Å². The molecule has 2 heterocycles. The van der Waals surface area contributed by atoms with E-state index in [1.807, 2.05) is 18.5 Å². The molecule has 2 N–H and O–H groups in total. The average Bonchev–Trinajstić information content (AvgIpc) is 3.38. The van der Waals surface area contributed by atoms with Gasteiger partial charge in [-0.3, -0.25) is 0 Å². The molecule has 0 bridgehead atoms. The van der Waals surface area contributed by atoms with Gasteiger partial charge in [-0.05, 0) is 32.6 Å². The monoisotopic (exact) mass is 492 g/mol. The SMILES string of the molecule is Cc1nnc(CN=C(NCCCOC2CCOC2)NC2CCCC2)n1C.I. The molecule has 27 heavy (non-hydrogen) atoms. The Morgan fingerprint density at radius 3 is 2.78 bits per heavy atom. The third kappa shape index (κ3) is 7.19. The highest BCUT2D eigenvalue weighted by atomic mass is 127. The highest BCUT2D eigenvalue weighted by Crippen LogP contribution is 2.17.